The molecule has 4 rings (SSSR count). The summed E-state index contributed by atoms with van der Waals surface area (Å²) in [5.41, 5.74) is 4.05. The molecule has 0 saturated carbocycles. The zero-order valence-electron chi connectivity index (χ0n) is 16.6. The van der Waals surface area contributed by atoms with Gasteiger partial charge in [-0.05, 0) is 61.4 Å². The van der Waals surface area contributed by atoms with Gasteiger partial charge in [-0.15, -0.1) is 0 Å². The number of fused-ring (bicyclic) bond motifs is 1. The minimum absolute atomic E-state index is 0.123. The quantitative estimate of drug-likeness (QED) is 0.391. The molecule has 6 nitrogen and oxygen atoms in total. The van der Waals surface area contributed by atoms with E-state index in [2.05, 4.69) is 15.3 Å². The Morgan fingerprint density at radius 3 is 2.67 bits per heavy atom. The molecule has 30 heavy (non-hydrogen) atoms. The highest BCUT2D eigenvalue weighted by atomic mass is 32.2. The van der Waals surface area contributed by atoms with Crippen LogP contribution >= 0.6 is 11.8 Å². The van der Waals surface area contributed by atoms with Gasteiger partial charge >= 0.3 is 0 Å². The molecule has 2 aromatic carbocycles. The van der Waals surface area contributed by atoms with E-state index in [4.69, 9.17) is 0 Å². The van der Waals surface area contributed by atoms with Crippen LogP contribution in [0, 0.1) is 13.8 Å². The molecule has 2 aromatic heterocycles. The number of carbonyl (C=O) groups is 1. The molecule has 0 saturated heterocycles. The van der Waals surface area contributed by atoms with Gasteiger partial charge in [0.15, 0.2) is 5.16 Å². The van der Waals surface area contributed by atoms with E-state index in [-0.39, 0.29) is 17.2 Å². The average Bonchev–Trinajstić information content (AvgIpc) is 2.75. The number of aromatic nitrogens is 3. The Morgan fingerprint density at radius 2 is 1.90 bits per heavy atom. The molecular formula is C23H20N4O2S. The lowest BCUT2D eigenvalue weighted by Crippen LogP contribution is -2.23. The van der Waals surface area contributed by atoms with Gasteiger partial charge in [-0.2, -0.15) is 0 Å². The van der Waals surface area contributed by atoms with Crippen LogP contribution in [0.25, 0.3) is 16.6 Å². The summed E-state index contributed by atoms with van der Waals surface area (Å²) in [4.78, 5) is 34.4. The van der Waals surface area contributed by atoms with E-state index in [1.54, 1.807) is 36.7 Å². The first-order chi connectivity index (χ1) is 14.5. The van der Waals surface area contributed by atoms with Crippen molar-refractivity contribution in [3.63, 3.8) is 0 Å². The van der Waals surface area contributed by atoms with E-state index in [1.807, 2.05) is 44.2 Å². The van der Waals surface area contributed by atoms with E-state index in [0.717, 1.165) is 11.3 Å². The largest absolute Gasteiger partial charge is 0.325 e. The topological polar surface area (TPSA) is 76.9 Å². The first-order valence-corrected chi connectivity index (χ1v) is 10.4. The molecule has 0 radical (unpaired) electrons. The predicted octanol–water partition coefficient (Wildman–Crippen LogP) is 4.13. The van der Waals surface area contributed by atoms with E-state index in [9.17, 15) is 9.59 Å². The number of nitrogens with one attached hydrogen (secondary N) is 1. The minimum Gasteiger partial charge on any atom is -0.325 e. The highest BCUT2D eigenvalue weighted by Gasteiger charge is 2.15. The van der Waals surface area contributed by atoms with Crippen LogP contribution in [0.2, 0.25) is 0 Å². The number of amides is 1. The molecule has 0 atom stereocenters. The summed E-state index contributed by atoms with van der Waals surface area (Å²) in [7, 11) is 0. The van der Waals surface area contributed by atoms with E-state index in [0.29, 0.717) is 21.7 Å². The monoisotopic (exact) mass is 416 g/mol. The van der Waals surface area contributed by atoms with Crippen molar-refractivity contribution in [3.8, 4) is 5.69 Å². The van der Waals surface area contributed by atoms with Gasteiger partial charge in [0.2, 0.25) is 5.91 Å². The predicted molar refractivity (Wildman–Crippen MR) is 120 cm³/mol. The number of benzene rings is 2. The molecule has 2 heterocycles. The number of aryl methyl sites for hydroxylation is 2. The number of hydrogen-bond acceptors (Lipinski definition) is 5. The van der Waals surface area contributed by atoms with Gasteiger partial charge in [-0.1, -0.05) is 30.0 Å². The van der Waals surface area contributed by atoms with Crippen molar-refractivity contribution in [2.24, 2.45) is 0 Å². The van der Waals surface area contributed by atoms with Gasteiger partial charge in [-0.3, -0.25) is 19.1 Å². The summed E-state index contributed by atoms with van der Waals surface area (Å²) in [6.07, 6.45) is 3.25. The molecule has 7 heteroatoms. The van der Waals surface area contributed by atoms with Crippen molar-refractivity contribution in [1.29, 1.82) is 0 Å². The maximum atomic E-state index is 13.1. The Kier molecular flexibility index (Phi) is 5.63. The number of rotatable bonds is 5. The molecule has 1 N–H and O–H groups in total. The molecular weight excluding hydrogens is 396 g/mol. The van der Waals surface area contributed by atoms with Gasteiger partial charge < -0.3 is 5.32 Å². The number of para-hydroxylation sites is 1. The van der Waals surface area contributed by atoms with Crippen LogP contribution in [0.1, 0.15) is 11.1 Å². The molecule has 0 aliphatic heterocycles. The number of pyridine rings is 1. The number of thioether (sulfide) groups is 1. The molecule has 0 fully saturated rings. The lowest BCUT2D eigenvalue weighted by molar-refractivity contribution is -0.113. The van der Waals surface area contributed by atoms with Gasteiger partial charge in [0.25, 0.3) is 5.56 Å². The average molecular weight is 417 g/mol. The Hall–Kier alpha value is -3.45. The van der Waals surface area contributed by atoms with E-state index in [1.165, 1.54) is 21.9 Å². The fourth-order valence-corrected chi connectivity index (χ4v) is 3.88. The standard InChI is InChI=1S/C23H20N4O2S/c1-15-9-10-17(12-16(15)2)25-21(28)14-30-23-26-20-8-4-3-7-19(20)22(29)27(23)18-6-5-11-24-13-18/h3-13H,14H2,1-2H3,(H,25,28). The van der Waals surface area contributed by atoms with Crippen molar-refractivity contribution >= 4 is 34.3 Å². The maximum Gasteiger partial charge on any atom is 0.266 e. The summed E-state index contributed by atoms with van der Waals surface area (Å²) in [6, 6.07) is 16.5. The molecule has 4 aromatic rings. The van der Waals surface area contributed by atoms with Crippen LogP contribution in [0.5, 0.6) is 0 Å². The lowest BCUT2D eigenvalue weighted by Gasteiger charge is -2.13. The molecule has 150 valence electrons. The van der Waals surface area contributed by atoms with Crippen LogP contribution in [0.4, 0.5) is 5.69 Å². The maximum absolute atomic E-state index is 13.1. The summed E-state index contributed by atoms with van der Waals surface area (Å²) < 4.78 is 1.50. The van der Waals surface area contributed by atoms with Gasteiger partial charge in [-0.25, -0.2) is 4.98 Å². The van der Waals surface area contributed by atoms with Crippen LogP contribution in [0.15, 0.2) is 76.9 Å². The number of anilines is 1. The third-order valence-corrected chi connectivity index (χ3v) is 5.71. The summed E-state index contributed by atoms with van der Waals surface area (Å²) in [6.45, 7) is 4.03. The summed E-state index contributed by atoms with van der Waals surface area (Å²) >= 11 is 1.22. The van der Waals surface area contributed by atoms with Gasteiger partial charge in [0.05, 0.1) is 28.5 Å². The highest BCUT2D eigenvalue weighted by molar-refractivity contribution is 7.99. The molecule has 1 amide bonds. The van der Waals surface area contributed by atoms with Crippen molar-refractivity contribution in [2.75, 3.05) is 11.1 Å². The van der Waals surface area contributed by atoms with Crippen LogP contribution in [-0.2, 0) is 4.79 Å². The van der Waals surface area contributed by atoms with Crippen LogP contribution in [0.3, 0.4) is 0 Å². The second-order valence-electron chi connectivity index (χ2n) is 6.90. The smallest absolute Gasteiger partial charge is 0.266 e. The zero-order valence-corrected chi connectivity index (χ0v) is 17.4. The summed E-state index contributed by atoms with van der Waals surface area (Å²) in [5, 5.41) is 3.87. The normalized spacial score (nSPS) is 10.9. The third-order valence-electron chi connectivity index (χ3n) is 4.77. The van der Waals surface area contributed by atoms with Crippen molar-refractivity contribution in [2.45, 2.75) is 19.0 Å². The van der Waals surface area contributed by atoms with E-state index >= 15 is 0 Å². The molecule has 0 aliphatic carbocycles. The molecule has 0 spiro atoms. The Bertz CT molecular complexity index is 1290. The molecule has 0 bridgehead atoms. The Labute approximate surface area is 178 Å². The molecule has 0 unspecified atom stereocenters. The van der Waals surface area contributed by atoms with Gasteiger partial charge in [0, 0.05) is 11.9 Å². The third kappa shape index (κ3) is 4.11. The SMILES string of the molecule is Cc1ccc(NC(=O)CSc2nc3ccccc3c(=O)n2-c2cccnc2)cc1C. The first kappa shape index (κ1) is 19.8. The van der Waals surface area contributed by atoms with Crippen molar-refractivity contribution in [3.05, 3.63) is 88.5 Å². The molecule has 0 aliphatic rings. The lowest BCUT2D eigenvalue weighted by atomic mass is 10.1. The second-order valence-corrected chi connectivity index (χ2v) is 7.84. The van der Waals surface area contributed by atoms with Crippen molar-refractivity contribution in [1.82, 2.24) is 14.5 Å². The second kappa shape index (κ2) is 8.51. The Morgan fingerprint density at radius 1 is 1.07 bits per heavy atom. The fraction of sp³-hybridized carbons (Fsp3) is 0.130. The van der Waals surface area contributed by atoms with Crippen LogP contribution in [-0.4, -0.2) is 26.2 Å². The zero-order chi connectivity index (χ0) is 21.1. The minimum atomic E-state index is -0.189. The number of nitrogens with zero attached hydrogens (tertiary/aromatic N) is 3. The fourth-order valence-electron chi connectivity index (χ4n) is 3.07. The van der Waals surface area contributed by atoms with E-state index < -0.39 is 0 Å². The van der Waals surface area contributed by atoms with Crippen LogP contribution < -0.4 is 10.9 Å². The number of hydrogen-bond donors (Lipinski definition) is 1. The van der Waals surface area contributed by atoms with Gasteiger partial charge in [0.1, 0.15) is 0 Å². The summed E-state index contributed by atoms with van der Waals surface area (Å²) in [5.74, 6) is -0.0405. The first-order valence-electron chi connectivity index (χ1n) is 9.45. The highest BCUT2D eigenvalue weighted by Crippen LogP contribution is 2.21. The Balaban J connectivity index is 1.64. The number of carbonyl (C=O) groups excluding carboxylic acids is 1. The van der Waals surface area contributed by atoms with Crippen molar-refractivity contribution < 1.29 is 4.79 Å².